The van der Waals surface area contributed by atoms with Crippen molar-refractivity contribution < 1.29 is 14.2 Å². The van der Waals surface area contributed by atoms with Crippen LogP contribution in [0, 0.1) is 0 Å². The van der Waals surface area contributed by atoms with Crippen molar-refractivity contribution in [2.75, 3.05) is 33.4 Å². The lowest BCUT2D eigenvalue weighted by molar-refractivity contribution is -0.250. The van der Waals surface area contributed by atoms with Crippen LogP contribution in [0.3, 0.4) is 0 Å². The van der Waals surface area contributed by atoms with Gasteiger partial charge in [-0.05, 0) is 5.56 Å². The van der Waals surface area contributed by atoms with Crippen LogP contribution >= 0.6 is 0 Å². The number of ether oxygens (including phenoxy) is 3. The predicted octanol–water partition coefficient (Wildman–Crippen LogP) is 1.86. The average Bonchev–Trinajstić information content (AvgIpc) is 2.78. The Bertz CT molecular complexity index is 357. The Kier molecular flexibility index (Phi) is 4.72. The highest BCUT2D eigenvalue weighted by Crippen LogP contribution is 2.22. The summed E-state index contributed by atoms with van der Waals surface area (Å²) in [6.07, 6.45) is 0. The van der Waals surface area contributed by atoms with Gasteiger partial charge in [0.15, 0.2) is 0 Å². The maximum atomic E-state index is 5.67. The second-order valence-corrected chi connectivity index (χ2v) is 4.48. The summed E-state index contributed by atoms with van der Waals surface area (Å²) in [6, 6.07) is 10.2. The van der Waals surface area contributed by atoms with Crippen molar-refractivity contribution in [1.29, 1.82) is 0 Å². The van der Waals surface area contributed by atoms with Crippen molar-refractivity contribution in [3.05, 3.63) is 35.9 Å². The van der Waals surface area contributed by atoms with Crippen LogP contribution in [-0.4, -0.2) is 44.2 Å². The van der Waals surface area contributed by atoms with Gasteiger partial charge in [0.1, 0.15) is 0 Å². The Hall–Kier alpha value is -0.940. The summed E-state index contributed by atoms with van der Waals surface area (Å²) >= 11 is 0. The summed E-state index contributed by atoms with van der Waals surface area (Å²) in [5.41, 5.74) is 1.20. The lowest BCUT2D eigenvalue weighted by atomic mass is 10.2. The quantitative estimate of drug-likeness (QED) is 0.722. The highest BCUT2D eigenvalue weighted by atomic mass is 16.7. The molecule has 1 saturated heterocycles. The van der Waals surface area contributed by atoms with E-state index in [4.69, 9.17) is 14.2 Å². The molecule has 1 aromatic carbocycles. The second-order valence-electron chi connectivity index (χ2n) is 4.48. The van der Waals surface area contributed by atoms with E-state index in [1.165, 1.54) is 5.56 Å². The Labute approximate surface area is 108 Å². The first kappa shape index (κ1) is 13.5. The molecule has 0 spiro atoms. The lowest BCUT2D eigenvalue weighted by Crippen LogP contribution is -2.45. The molecule has 1 unspecified atom stereocenters. The first-order valence-electron chi connectivity index (χ1n) is 6.30. The van der Waals surface area contributed by atoms with Crippen molar-refractivity contribution in [1.82, 2.24) is 4.90 Å². The molecule has 0 bridgehead atoms. The summed E-state index contributed by atoms with van der Waals surface area (Å²) in [7, 11) is 1.67. The maximum absolute atomic E-state index is 5.67. The van der Waals surface area contributed by atoms with Crippen LogP contribution in [0.4, 0.5) is 0 Å². The zero-order chi connectivity index (χ0) is 12.8. The normalized spacial score (nSPS) is 24.6. The first-order valence-corrected chi connectivity index (χ1v) is 6.30. The van der Waals surface area contributed by atoms with Crippen molar-refractivity contribution in [3.63, 3.8) is 0 Å². The molecule has 1 aliphatic rings. The molecule has 2 rings (SSSR count). The van der Waals surface area contributed by atoms with E-state index in [0.29, 0.717) is 19.8 Å². The zero-order valence-corrected chi connectivity index (χ0v) is 11.1. The van der Waals surface area contributed by atoms with Gasteiger partial charge in [-0.1, -0.05) is 30.3 Å². The monoisotopic (exact) mass is 251 g/mol. The predicted molar refractivity (Wildman–Crippen MR) is 69.0 cm³/mol. The molecule has 1 aliphatic heterocycles. The van der Waals surface area contributed by atoms with Gasteiger partial charge >= 0.3 is 0 Å². The zero-order valence-electron chi connectivity index (χ0n) is 11.1. The molecular formula is C14H21NO3. The molecule has 0 radical (unpaired) electrons. The van der Waals surface area contributed by atoms with Gasteiger partial charge in [0, 0.05) is 27.1 Å². The minimum absolute atomic E-state index is 0.587. The van der Waals surface area contributed by atoms with Crippen molar-refractivity contribution in [2.45, 2.75) is 19.4 Å². The molecule has 100 valence electrons. The van der Waals surface area contributed by atoms with Crippen LogP contribution < -0.4 is 0 Å². The van der Waals surface area contributed by atoms with E-state index in [-0.39, 0.29) is 0 Å². The number of benzene rings is 1. The number of methoxy groups -OCH3 is 1. The van der Waals surface area contributed by atoms with Crippen molar-refractivity contribution >= 4 is 0 Å². The molecule has 0 aromatic heterocycles. The molecule has 0 aliphatic carbocycles. The average molecular weight is 251 g/mol. The van der Waals surface area contributed by atoms with Crippen molar-refractivity contribution in [3.8, 4) is 0 Å². The summed E-state index contributed by atoms with van der Waals surface area (Å²) in [6.45, 7) is 5.69. The maximum Gasteiger partial charge on any atom is 0.226 e. The third-order valence-electron chi connectivity index (χ3n) is 3.30. The Balaban J connectivity index is 1.70. The molecule has 0 N–H and O–H groups in total. The standard InChI is InChI=1S/C14H21NO3/c1-14(16-2)15(9-11-18-14)8-10-17-12-13-6-4-3-5-7-13/h3-7H,8-12H2,1-2H3. The summed E-state index contributed by atoms with van der Waals surface area (Å²) in [5.74, 6) is -0.587. The molecule has 0 saturated carbocycles. The van der Waals surface area contributed by atoms with Gasteiger partial charge in [0.2, 0.25) is 5.91 Å². The molecule has 18 heavy (non-hydrogen) atoms. The van der Waals surface area contributed by atoms with E-state index in [0.717, 1.165) is 13.1 Å². The SMILES string of the molecule is COC1(C)OCCN1CCOCc1ccccc1. The molecule has 4 nitrogen and oxygen atoms in total. The van der Waals surface area contributed by atoms with Gasteiger partial charge in [-0.15, -0.1) is 0 Å². The van der Waals surface area contributed by atoms with Crippen LogP contribution in [0.25, 0.3) is 0 Å². The van der Waals surface area contributed by atoms with Gasteiger partial charge in [-0.2, -0.15) is 0 Å². The molecule has 4 heteroatoms. The fourth-order valence-corrected chi connectivity index (χ4v) is 2.08. The van der Waals surface area contributed by atoms with Gasteiger partial charge < -0.3 is 14.2 Å². The van der Waals surface area contributed by atoms with E-state index in [1.54, 1.807) is 7.11 Å². The van der Waals surface area contributed by atoms with E-state index in [2.05, 4.69) is 17.0 Å². The largest absolute Gasteiger partial charge is 0.375 e. The Morgan fingerprint density at radius 1 is 1.33 bits per heavy atom. The van der Waals surface area contributed by atoms with Gasteiger partial charge in [-0.25, -0.2) is 4.90 Å². The summed E-state index contributed by atoms with van der Waals surface area (Å²) < 4.78 is 16.6. The molecule has 1 aromatic rings. The Morgan fingerprint density at radius 2 is 2.11 bits per heavy atom. The fraction of sp³-hybridized carbons (Fsp3) is 0.571. The summed E-state index contributed by atoms with van der Waals surface area (Å²) in [5, 5.41) is 0. The minimum Gasteiger partial charge on any atom is -0.375 e. The number of nitrogens with zero attached hydrogens (tertiary/aromatic N) is 1. The molecule has 1 atom stereocenters. The minimum atomic E-state index is -0.587. The number of hydrogen-bond acceptors (Lipinski definition) is 4. The van der Waals surface area contributed by atoms with Gasteiger partial charge in [-0.3, -0.25) is 0 Å². The van der Waals surface area contributed by atoms with Crippen LogP contribution in [0.1, 0.15) is 12.5 Å². The Morgan fingerprint density at radius 3 is 2.83 bits per heavy atom. The number of hydrogen-bond donors (Lipinski definition) is 0. The highest BCUT2D eigenvalue weighted by molar-refractivity contribution is 5.13. The number of rotatable bonds is 6. The fourth-order valence-electron chi connectivity index (χ4n) is 2.08. The lowest BCUT2D eigenvalue weighted by Gasteiger charge is -2.31. The molecule has 0 amide bonds. The van der Waals surface area contributed by atoms with Crippen molar-refractivity contribution in [2.24, 2.45) is 0 Å². The topological polar surface area (TPSA) is 30.9 Å². The molecule has 1 heterocycles. The van der Waals surface area contributed by atoms with Crippen LogP contribution in [0.5, 0.6) is 0 Å². The van der Waals surface area contributed by atoms with Crippen LogP contribution in [0.2, 0.25) is 0 Å². The molecule has 1 fully saturated rings. The van der Waals surface area contributed by atoms with Gasteiger partial charge in [0.05, 0.1) is 19.8 Å². The third-order valence-corrected chi connectivity index (χ3v) is 3.30. The molecular weight excluding hydrogens is 230 g/mol. The van der Waals surface area contributed by atoms with E-state index in [1.807, 2.05) is 25.1 Å². The van der Waals surface area contributed by atoms with Gasteiger partial charge in [0.25, 0.3) is 0 Å². The summed E-state index contributed by atoms with van der Waals surface area (Å²) in [4.78, 5) is 2.15. The van der Waals surface area contributed by atoms with E-state index >= 15 is 0 Å². The van der Waals surface area contributed by atoms with Crippen LogP contribution in [-0.2, 0) is 20.8 Å². The van der Waals surface area contributed by atoms with E-state index in [9.17, 15) is 0 Å². The second kappa shape index (κ2) is 6.29. The van der Waals surface area contributed by atoms with E-state index < -0.39 is 5.91 Å². The third kappa shape index (κ3) is 3.29. The first-order chi connectivity index (χ1) is 8.74. The van der Waals surface area contributed by atoms with Crippen LogP contribution in [0.15, 0.2) is 30.3 Å². The highest BCUT2D eigenvalue weighted by Gasteiger charge is 2.37. The smallest absolute Gasteiger partial charge is 0.226 e.